The highest BCUT2D eigenvalue weighted by molar-refractivity contribution is 7.94. The van der Waals surface area contributed by atoms with Gasteiger partial charge in [-0.1, -0.05) is 42.3 Å². The molecule has 33 heavy (non-hydrogen) atoms. The molecule has 0 saturated carbocycles. The summed E-state index contributed by atoms with van der Waals surface area (Å²) in [4.78, 5) is 23.3. The van der Waals surface area contributed by atoms with Crippen LogP contribution >= 0.6 is 0 Å². The van der Waals surface area contributed by atoms with Crippen LogP contribution < -0.4 is 5.73 Å². The van der Waals surface area contributed by atoms with Crippen molar-refractivity contribution in [3.05, 3.63) is 82.9 Å². The van der Waals surface area contributed by atoms with Gasteiger partial charge in [-0.25, -0.2) is 16.8 Å². The molecule has 0 atom stereocenters. The van der Waals surface area contributed by atoms with Crippen LogP contribution in [0.4, 0.5) is 0 Å². The number of ketones is 1. The highest BCUT2D eigenvalue weighted by Gasteiger charge is 2.36. The fraction of sp³-hybridized carbons (Fsp3) is 0.167. The van der Waals surface area contributed by atoms with Gasteiger partial charge in [0.1, 0.15) is 4.90 Å². The predicted octanol–water partition coefficient (Wildman–Crippen LogP) is 3.66. The van der Waals surface area contributed by atoms with Crippen molar-refractivity contribution in [3.8, 4) is 0 Å². The summed E-state index contributed by atoms with van der Waals surface area (Å²) < 4.78 is 54.6. The fourth-order valence-electron chi connectivity index (χ4n) is 3.38. The van der Waals surface area contributed by atoms with Crippen molar-refractivity contribution < 1.29 is 26.4 Å². The van der Waals surface area contributed by atoms with Crippen molar-refractivity contribution in [3.63, 3.8) is 0 Å². The Bertz CT molecular complexity index is 1450. The lowest BCUT2D eigenvalue weighted by Gasteiger charge is -2.18. The number of carbonyl (C=O) groups is 2. The predicted molar refractivity (Wildman–Crippen MR) is 123 cm³/mol. The third-order valence-electron chi connectivity index (χ3n) is 5.21. The Kier molecular flexibility index (Phi) is 6.58. The first kappa shape index (κ1) is 24.3. The maximum absolute atomic E-state index is 13.7. The molecule has 0 spiro atoms. The molecule has 0 aliphatic rings. The second-order valence-electron chi connectivity index (χ2n) is 7.59. The van der Waals surface area contributed by atoms with Gasteiger partial charge in [0, 0.05) is 6.42 Å². The molecule has 0 bridgehead atoms. The van der Waals surface area contributed by atoms with Gasteiger partial charge in [-0.3, -0.25) is 9.59 Å². The number of Topliss-reactive ketones (excluding diaryl/α,β-unsaturated/α-hetero) is 1. The van der Waals surface area contributed by atoms with E-state index in [0.29, 0.717) is 0 Å². The molecule has 0 saturated heterocycles. The van der Waals surface area contributed by atoms with Crippen LogP contribution in [-0.4, -0.2) is 28.5 Å². The molecule has 3 aromatic rings. The Morgan fingerprint density at radius 3 is 1.61 bits per heavy atom. The van der Waals surface area contributed by atoms with Crippen molar-refractivity contribution in [2.24, 2.45) is 5.73 Å². The molecule has 172 valence electrons. The number of hydrogen-bond acceptors (Lipinski definition) is 6. The van der Waals surface area contributed by atoms with Crippen LogP contribution in [0.1, 0.15) is 45.2 Å². The minimum absolute atomic E-state index is 0.143. The summed E-state index contributed by atoms with van der Waals surface area (Å²) in [5.74, 6) is -1.75. The minimum atomic E-state index is -4.54. The second-order valence-corrected chi connectivity index (χ2v) is 11.4. The lowest BCUT2D eigenvalue weighted by Crippen LogP contribution is -2.22. The molecule has 3 rings (SSSR count). The Hall–Kier alpha value is -3.30. The Labute approximate surface area is 193 Å². The number of aryl methyl sites for hydroxylation is 2. The molecule has 0 aromatic heterocycles. The van der Waals surface area contributed by atoms with E-state index in [1.165, 1.54) is 31.2 Å². The van der Waals surface area contributed by atoms with E-state index in [9.17, 15) is 26.4 Å². The van der Waals surface area contributed by atoms with E-state index >= 15 is 0 Å². The van der Waals surface area contributed by atoms with Crippen LogP contribution in [0, 0.1) is 13.8 Å². The topological polar surface area (TPSA) is 128 Å². The molecule has 7 nitrogen and oxygen atoms in total. The maximum atomic E-state index is 13.7. The van der Waals surface area contributed by atoms with Gasteiger partial charge in [0.05, 0.1) is 25.8 Å². The molecule has 2 N–H and O–H groups in total. The van der Waals surface area contributed by atoms with E-state index < -0.39 is 46.7 Å². The van der Waals surface area contributed by atoms with E-state index in [2.05, 4.69) is 0 Å². The van der Waals surface area contributed by atoms with Crippen LogP contribution in [0.25, 0.3) is 0 Å². The molecular weight excluding hydrogens is 462 g/mol. The molecule has 0 aliphatic carbocycles. The maximum Gasteiger partial charge on any atom is 0.249 e. The molecule has 0 heterocycles. The zero-order valence-corrected chi connectivity index (χ0v) is 20.0. The molecule has 0 unspecified atom stereocenters. The van der Waals surface area contributed by atoms with Crippen LogP contribution in [-0.2, 0) is 19.7 Å². The fourth-order valence-corrected chi connectivity index (χ4v) is 6.94. The standard InChI is InChI=1S/C24H23NO6S2/c1-4-20(26)22-19(24(25)27)13-14-21(32(28,29)17-9-5-15(2)6-10-17)23(22)33(30,31)18-11-7-16(3)8-12-18/h5-14H,4H2,1-3H3,(H2,25,27). The number of benzene rings is 3. The van der Waals surface area contributed by atoms with Gasteiger partial charge in [0.2, 0.25) is 25.6 Å². The third-order valence-corrected chi connectivity index (χ3v) is 9.00. The van der Waals surface area contributed by atoms with Gasteiger partial charge in [-0.05, 0) is 50.2 Å². The van der Waals surface area contributed by atoms with Crippen LogP contribution in [0.15, 0.2) is 80.2 Å². The Morgan fingerprint density at radius 2 is 1.18 bits per heavy atom. The van der Waals surface area contributed by atoms with Gasteiger partial charge >= 0.3 is 0 Å². The first-order valence-corrected chi connectivity index (χ1v) is 13.0. The number of carbonyl (C=O) groups excluding carboxylic acids is 2. The van der Waals surface area contributed by atoms with Gasteiger partial charge in [-0.2, -0.15) is 0 Å². The highest BCUT2D eigenvalue weighted by atomic mass is 32.2. The van der Waals surface area contributed by atoms with Crippen molar-refractivity contribution in [2.75, 3.05) is 0 Å². The molecule has 0 radical (unpaired) electrons. The Morgan fingerprint density at radius 1 is 0.727 bits per heavy atom. The van der Waals surface area contributed by atoms with Crippen LogP contribution in [0.3, 0.4) is 0 Å². The lowest BCUT2D eigenvalue weighted by atomic mass is 10.0. The van der Waals surface area contributed by atoms with Crippen LogP contribution in [0.5, 0.6) is 0 Å². The van der Waals surface area contributed by atoms with E-state index in [-0.39, 0.29) is 21.8 Å². The summed E-state index contributed by atoms with van der Waals surface area (Å²) in [6.45, 7) is 5.03. The first-order chi connectivity index (χ1) is 15.4. The van der Waals surface area contributed by atoms with Gasteiger partial charge < -0.3 is 5.73 Å². The summed E-state index contributed by atoms with van der Waals surface area (Å²) >= 11 is 0. The zero-order valence-electron chi connectivity index (χ0n) is 18.3. The van der Waals surface area contributed by atoms with E-state index in [0.717, 1.165) is 23.3 Å². The number of rotatable bonds is 7. The normalized spacial score (nSPS) is 11.8. The van der Waals surface area contributed by atoms with E-state index in [4.69, 9.17) is 5.73 Å². The molecule has 0 aliphatic heterocycles. The Balaban J connectivity index is 2.50. The number of primary amides is 1. The quantitative estimate of drug-likeness (QED) is 0.509. The summed E-state index contributed by atoms with van der Waals surface area (Å²) in [6, 6.07) is 13.7. The summed E-state index contributed by atoms with van der Waals surface area (Å²) in [7, 11) is -8.91. The molecule has 3 aromatic carbocycles. The zero-order chi connectivity index (χ0) is 24.6. The van der Waals surface area contributed by atoms with Crippen molar-refractivity contribution in [1.29, 1.82) is 0 Å². The van der Waals surface area contributed by atoms with Gasteiger partial charge in [0.25, 0.3) is 0 Å². The van der Waals surface area contributed by atoms with Crippen molar-refractivity contribution >= 4 is 31.4 Å². The minimum Gasteiger partial charge on any atom is -0.366 e. The smallest absolute Gasteiger partial charge is 0.249 e. The average Bonchev–Trinajstić information content (AvgIpc) is 2.78. The summed E-state index contributed by atoms with van der Waals surface area (Å²) in [6.07, 6.45) is -0.162. The largest absolute Gasteiger partial charge is 0.366 e. The number of amides is 1. The molecular formula is C24H23NO6S2. The number of sulfone groups is 2. The average molecular weight is 486 g/mol. The number of hydrogen-bond donors (Lipinski definition) is 1. The highest BCUT2D eigenvalue weighted by Crippen LogP contribution is 2.36. The van der Waals surface area contributed by atoms with Gasteiger partial charge in [0.15, 0.2) is 5.78 Å². The third kappa shape index (κ3) is 4.46. The first-order valence-electron chi connectivity index (χ1n) is 10.0. The van der Waals surface area contributed by atoms with E-state index in [1.54, 1.807) is 38.1 Å². The van der Waals surface area contributed by atoms with Crippen molar-refractivity contribution in [1.82, 2.24) is 0 Å². The summed E-state index contributed by atoms with van der Waals surface area (Å²) in [5, 5.41) is 0. The number of nitrogens with two attached hydrogens (primary N) is 1. The lowest BCUT2D eigenvalue weighted by molar-refractivity contribution is 0.0957. The second kappa shape index (κ2) is 8.92. The SMILES string of the molecule is CCC(=O)c1c(C(N)=O)ccc(S(=O)(=O)c2ccc(C)cc2)c1S(=O)(=O)c1ccc(C)cc1. The molecule has 0 fully saturated rings. The van der Waals surface area contributed by atoms with E-state index in [1.807, 2.05) is 0 Å². The van der Waals surface area contributed by atoms with Crippen molar-refractivity contribution in [2.45, 2.75) is 46.8 Å². The van der Waals surface area contributed by atoms with Gasteiger partial charge in [-0.15, -0.1) is 0 Å². The van der Waals surface area contributed by atoms with Crippen LogP contribution in [0.2, 0.25) is 0 Å². The molecule has 9 heteroatoms. The monoisotopic (exact) mass is 485 g/mol. The molecule has 1 amide bonds. The summed E-state index contributed by atoms with van der Waals surface area (Å²) in [5.41, 5.74) is 6.16.